The maximum atomic E-state index is 11.9. The lowest BCUT2D eigenvalue weighted by atomic mass is 10.3. The molecule has 1 fully saturated rings. The monoisotopic (exact) mass is 274 g/mol. The number of rotatable bonds is 4. The summed E-state index contributed by atoms with van der Waals surface area (Å²) in [7, 11) is 0. The Morgan fingerprint density at radius 1 is 1.40 bits per heavy atom. The third-order valence-corrected chi connectivity index (χ3v) is 3.46. The maximum Gasteiger partial charge on any atom is 0.432 e. The van der Waals surface area contributed by atoms with E-state index in [1.54, 1.807) is 9.58 Å². The van der Waals surface area contributed by atoms with Gasteiger partial charge in [-0.25, -0.2) is 4.79 Å². The second-order valence-electron chi connectivity index (χ2n) is 4.98. The number of benzene rings is 1. The van der Waals surface area contributed by atoms with Crippen molar-refractivity contribution in [3.8, 4) is 5.69 Å². The van der Waals surface area contributed by atoms with E-state index in [2.05, 4.69) is 5.27 Å². The molecule has 2 aromatic rings. The topological polar surface area (TPSA) is 70.2 Å². The third kappa shape index (κ3) is 2.36. The van der Waals surface area contributed by atoms with Gasteiger partial charge >= 0.3 is 11.3 Å². The fourth-order valence-electron chi connectivity index (χ4n) is 2.26. The summed E-state index contributed by atoms with van der Waals surface area (Å²) < 4.78 is 6.46. The number of carbonyl (C=O) groups excluding carboxylic acids is 1. The Kier molecular flexibility index (Phi) is 3.14. The molecule has 1 N–H and O–H groups in total. The van der Waals surface area contributed by atoms with E-state index in [0.29, 0.717) is 5.69 Å². The summed E-state index contributed by atoms with van der Waals surface area (Å²) in [6, 6.07) is 9.64. The molecule has 0 bridgehead atoms. The number of H-pyrrole nitrogens is 1. The molecule has 0 saturated heterocycles. The Bertz CT molecular complexity index is 670. The van der Waals surface area contributed by atoms with Crippen LogP contribution in [-0.2, 0) is 11.3 Å². The Hall–Kier alpha value is -2.37. The highest BCUT2D eigenvalue weighted by molar-refractivity contribution is 5.73. The molecule has 0 spiro atoms. The molecule has 1 aliphatic carbocycles. The van der Waals surface area contributed by atoms with Crippen molar-refractivity contribution < 1.29 is 14.0 Å². The van der Waals surface area contributed by atoms with Gasteiger partial charge in [0.1, 0.15) is 6.54 Å². The summed E-state index contributed by atoms with van der Waals surface area (Å²) in [4.78, 5) is 25.3. The zero-order valence-corrected chi connectivity index (χ0v) is 11.2. The average molecular weight is 274 g/mol. The van der Waals surface area contributed by atoms with E-state index >= 15 is 0 Å². The van der Waals surface area contributed by atoms with Crippen molar-refractivity contribution in [3.05, 3.63) is 46.4 Å². The van der Waals surface area contributed by atoms with E-state index in [0.717, 1.165) is 18.5 Å². The summed E-state index contributed by atoms with van der Waals surface area (Å²) >= 11 is 0. The number of para-hydroxylation sites is 1. The molecule has 1 aromatic carbocycles. The lowest BCUT2D eigenvalue weighted by molar-refractivity contribution is -0.678. The van der Waals surface area contributed by atoms with Gasteiger partial charge < -0.3 is 4.90 Å². The minimum Gasteiger partial charge on any atom is -0.329 e. The Labute approximate surface area is 115 Å². The minimum absolute atomic E-state index is 0.0206. The number of carbonyl (C=O) groups is 1. The molecule has 6 heteroatoms. The lowest BCUT2D eigenvalue weighted by Crippen LogP contribution is -2.43. The molecular formula is C14H16N3O3+. The predicted octanol–water partition coefficient (Wildman–Crippen LogP) is 0.755. The summed E-state index contributed by atoms with van der Waals surface area (Å²) in [6.07, 6.45) is 2.00. The van der Waals surface area contributed by atoms with E-state index in [-0.39, 0.29) is 18.5 Å². The number of nitrogens with zero attached hydrogens (tertiary/aromatic N) is 2. The van der Waals surface area contributed by atoms with Crippen LogP contribution in [0.4, 0.5) is 0 Å². The van der Waals surface area contributed by atoms with Crippen molar-refractivity contribution in [3.63, 3.8) is 0 Å². The van der Waals surface area contributed by atoms with Gasteiger partial charge in [0.2, 0.25) is 11.6 Å². The highest BCUT2D eigenvalue weighted by Crippen LogP contribution is 2.27. The summed E-state index contributed by atoms with van der Waals surface area (Å²) in [6.45, 7) is 1.79. The molecule has 20 heavy (non-hydrogen) atoms. The molecule has 104 valence electrons. The normalized spacial score (nSPS) is 14.2. The van der Waals surface area contributed by atoms with Gasteiger partial charge in [0.15, 0.2) is 0 Å². The van der Waals surface area contributed by atoms with Crippen molar-refractivity contribution in [2.75, 3.05) is 0 Å². The molecule has 0 aliphatic heterocycles. The Morgan fingerprint density at radius 2 is 2.10 bits per heavy atom. The van der Waals surface area contributed by atoms with E-state index in [4.69, 9.17) is 4.52 Å². The molecular weight excluding hydrogens is 258 g/mol. The van der Waals surface area contributed by atoms with Gasteiger partial charge in [0, 0.05) is 25.1 Å². The van der Waals surface area contributed by atoms with E-state index in [1.807, 2.05) is 30.3 Å². The first-order valence-corrected chi connectivity index (χ1v) is 6.62. The number of aromatic amines is 1. The number of aromatic nitrogens is 2. The average Bonchev–Trinajstić information content (AvgIpc) is 3.21. The van der Waals surface area contributed by atoms with Gasteiger partial charge in [0.05, 0.1) is 0 Å². The maximum absolute atomic E-state index is 11.9. The van der Waals surface area contributed by atoms with Gasteiger partial charge in [-0.1, -0.05) is 18.2 Å². The summed E-state index contributed by atoms with van der Waals surface area (Å²) in [5.74, 6) is -0.0206. The molecule has 1 heterocycles. The molecule has 6 nitrogen and oxygen atoms in total. The molecule has 1 amide bonds. The zero-order chi connectivity index (χ0) is 14.1. The highest BCUT2D eigenvalue weighted by Gasteiger charge is 2.35. The van der Waals surface area contributed by atoms with E-state index < -0.39 is 5.63 Å². The summed E-state index contributed by atoms with van der Waals surface area (Å²) in [5, 5.41) is 2.59. The van der Waals surface area contributed by atoms with Gasteiger partial charge in [0.25, 0.3) is 0 Å². The van der Waals surface area contributed by atoms with Crippen molar-refractivity contribution in [1.29, 1.82) is 0 Å². The number of nitrogens with one attached hydrogen (secondary N) is 1. The molecule has 1 saturated carbocycles. The van der Waals surface area contributed by atoms with Crippen LogP contribution < -0.4 is 10.3 Å². The number of hydrogen-bond donors (Lipinski definition) is 1. The van der Waals surface area contributed by atoms with E-state index in [9.17, 15) is 9.59 Å². The molecule has 0 atom stereocenters. The van der Waals surface area contributed by atoms with Crippen molar-refractivity contribution in [1.82, 2.24) is 10.2 Å². The fraction of sp³-hybridized carbons (Fsp3) is 0.357. The first kappa shape index (κ1) is 12.7. The first-order chi connectivity index (χ1) is 9.66. The number of hydrogen-bond acceptors (Lipinski definition) is 3. The predicted molar refractivity (Wildman–Crippen MR) is 70.1 cm³/mol. The van der Waals surface area contributed by atoms with Crippen LogP contribution >= 0.6 is 0 Å². The molecule has 1 aliphatic rings. The zero-order valence-electron chi connectivity index (χ0n) is 11.2. The smallest absolute Gasteiger partial charge is 0.329 e. The Morgan fingerprint density at radius 3 is 2.70 bits per heavy atom. The highest BCUT2D eigenvalue weighted by atomic mass is 16.5. The number of amides is 1. The third-order valence-electron chi connectivity index (χ3n) is 3.46. The molecule has 0 unspecified atom stereocenters. The van der Waals surface area contributed by atoms with Crippen molar-refractivity contribution in [2.45, 2.75) is 32.4 Å². The SMILES string of the molecule is CC(=O)N(Cc1c(=O)o[nH][n+]1-c1ccccc1)C1CC1. The second-order valence-corrected chi connectivity index (χ2v) is 4.98. The van der Waals surface area contributed by atoms with E-state index in [1.165, 1.54) is 6.92 Å². The van der Waals surface area contributed by atoms with Crippen LogP contribution in [0.2, 0.25) is 0 Å². The molecule has 1 aromatic heterocycles. The Balaban J connectivity index is 1.95. The van der Waals surface area contributed by atoms with Crippen molar-refractivity contribution in [2.24, 2.45) is 0 Å². The minimum atomic E-state index is -0.444. The van der Waals surface area contributed by atoms with Crippen LogP contribution in [0.15, 0.2) is 39.6 Å². The van der Waals surface area contributed by atoms with Crippen LogP contribution in [0.3, 0.4) is 0 Å². The fourth-order valence-corrected chi connectivity index (χ4v) is 2.26. The van der Waals surface area contributed by atoms with Crippen LogP contribution in [0.5, 0.6) is 0 Å². The standard InChI is InChI=1S/C14H15N3O3/c1-10(18)16(11-7-8-11)9-13-14(19)20-15-17(13)12-5-3-2-4-6-12/h2-6,11H,7-9H2,1H3/p+1. The largest absolute Gasteiger partial charge is 0.432 e. The molecule has 3 rings (SSSR count). The van der Waals surface area contributed by atoms with Gasteiger partial charge in [-0.3, -0.25) is 9.32 Å². The summed E-state index contributed by atoms with van der Waals surface area (Å²) in [5.41, 5.74) is 0.784. The van der Waals surface area contributed by atoms with Crippen LogP contribution in [-0.4, -0.2) is 22.1 Å². The quantitative estimate of drug-likeness (QED) is 0.837. The van der Waals surface area contributed by atoms with Crippen LogP contribution in [0.25, 0.3) is 5.69 Å². The lowest BCUT2D eigenvalue weighted by Gasteiger charge is -2.17. The van der Waals surface area contributed by atoms with Gasteiger partial charge in [-0.05, 0) is 22.8 Å². The van der Waals surface area contributed by atoms with Crippen LogP contribution in [0.1, 0.15) is 25.5 Å². The first-order valence-electron chi connectivity index (χ1n) is 6.62. The van der Waals surface area contributed by atoms with Gasteiger partial charge in [-0.15, -0.1) is 0 Å². The van der Waals surface area contributed by atoms with Crippen molar-refractivity contribution >= 4 is 5.91 Å². The molecule has 0 radical (unpaired) electrons. The van der Waals surface area contributed by atoms with Crippen LogP contribution in [0, 0.1) is 0 Å². The van der Waals surface area contributed by atoms with Gasteiger partial charge in [-0.2, -0.15) is 0 Å². The second kappa shape index (κ2) is 4.96.